The fourth-order valence-corrected chi connectivity index (χ4v) is 4.24. The monoisotopic (exact) mass is 495 g/mol. The molecule has 0 unspecified atom stereocenters. The van der Waals surface area contributed by atoms with E-state index < -0.39 is 14.6 Å². The third-order valence-electron chi connectivity index (χ3n) is 4.47. The van der Waals surface area contributed by atoms with Gasteiger partial charge in [-0.3, -0.25) is 4.99 Å². The second-order valence-corrected chi connectivity index (χ2v) is 9.58. The molecule has 1 aliphatic rings. The van der Waals surface area contributed by atoms with Gasteiger partial charge in [0.15, 0.2) is 15.8 Å². The summed E-state index contributed by atoms with van der Waals surface area (Å²) in [7, 11) is -1.39. The van der Waals surface area contributed by atoms with Gasteiger partial charge in [-0.15, -0.1) is 24.0 Å². The Morgan fingerprint density at radius 2 is 2.12 bits per heavy atom. The van der Waals surface area contributed by atoms with E-state index in [0.717, 1.165) is 24.7 Å². The SMILES string of the molecule is CCNC(=NCCc1cccc(OC)c1)N1CCS(=O)(=O)C(C)(C)C1.I. The first-order chi connectivity index (χ1) is 11.8. The van der Waals surface area contributed by atoms with Crippen LogP contribution in [0.15, 0.2) is 29.3 Å². The van der Waals surface area contributed by atoms with Crippen LogP contribution in [0.25, 0.3) is 0 Å². The molecule has 26 heavy (non-hydrogen) atoms. The first-order valence-corrected chi connectivity index (χ1v) is 10.3. The fraction of sp³-hybridized carbons (Fsp3) is 0.611. The number of hydrogen-bond acceptors (Lipinski definition) is 4. The fourth-order valence-electron chi connectivity index (χ4n) is 2.87. The molecular formula is C18H30IN3O3S. The second kappa shape index (κ2) is 9.77. The molecule has 1 aliphatic heterocycles. The summed E-state index contributed by atoms with van der Waals surface area (Å²) in [4.78, 5) is 6.75. The number of aliphatic imine (C=N–C) groups is 1. The van der Waals surface area contributed by atoms with E-state index >= 15 is 0 Å². The lowest BCUT2D eigenvalue weighted by atomic mass is 10.1. The Kier molecular flexibility index (Phi) is 8.65. The summed E-state index contributed by atoms with van der Waals surface area (Å²) in [5, 5.41) is 3.28. The van der Waals surface area contributed by atoms with E-state index in [1.54, 1.807) is 21.0 Å². The van der Waals surface area contributed by atoms with Crippen molar-refractivity contribution in [1.29, 1.82) is 0 Å². The molecule has 1 saturated heterocycles. The zero-order chi connectivity index (χ0) is 18.5. The van der Waals surface area contributed by atoms with Crippen LogP contribution in [0.4, 0.5) is 0 Å². The van der Waals surface area contributed by atoms with Gasteiger partial charge in [0.2, 0.25) is 0 Å². The molecule has 148 valence electrons. The lowest BCUT2D eigenvalue weighted by Crippen LogP contribution is -2.57. The van der Waals surface area contributed by atoms with Crippen molar-refractivity contribution in [2.75, 3.05) is 39.0 Å². The minimum absolute atomic E-state index is 0. The summed E-state index contributed by atoms with van der Waals surface area (Å²) in [6, 6.07) is 7.97. The van der Waals surface area contributed by atoms with Crippen molar-refractivity contribution in [2.45, 2.75) is 31.9 Å². The highest BCUT2D eigenvalue weighted by Gasteiger charge is 2.40. The van der Waals surface area contributed by atoms with Gasteiger partial charge < -0.3 is 15.0 Å². The number of nitrogens with zero attached hydrogens (tertiary/aromatic N) is 2. The molecule has 0 bridgehead atoms. The Morgan fingerprint density at radius 3 is 2.73 bits per heavy atom. The van der Waals surface area contributed by atoms with Crippen molar-refractivity contribution >= 4 is 39.8 Å². The first-order valence-electron chi connectivity index (χ1n) is 8.67. The predicted molar refractivity (Wildman–Crippen MR) is 118 cm³/mol. The zero-order valence-electron chi connectivity index (χ0n) is 16.0. The van der Waals surface area contributed by atoms with Gasteiger partial charge in [0, 0.05) is 26.2 Å². The number of hydrogen-bond donors (Lipinski definition) is 1. The molecule has 1 fully saturated rings. The van der Waals surface area contributed by atoms with E-state index in [1.165, 1.54) is 5.56 Å². The average Bonchev–Trinajstić information content (AvgIpc) is 2.57. The maximum atomic E-state index is 12.2. The lowest BCUT2D eigenvalue weighted by molar-refractivity contribution is 0.353. The summed E-state index contributed by atoms with van der Waals surface area (Å²) in [6.07, 6.45) is 0.807. The molecule has 0 saturated carbocycles. The van der Waals surface area contributed by atoms with Crippen LogP contribution in [0, 0.1) is 0 Å². The van der Waals surface area contributed by atoms with E-state index in [9.17, 15) is 8.42 Å². The Bertz CT molecular complexity index is 720. The minimum atomic E-state index is -3.05. The van der Waals surface area contributed by atoms with Gasteiger partial charge in [-0.05, 0) is 44.9 Å². The number of rotatable bonds is 5. The van der Waals surface area contributed by atoms with Crippen LogP contribution in [0.2, 0.25) is 0 Å². The topological polar surface area (TPSA) is 71.0 Å². The third kappa shape index (κ3) is 5.73. The van der Waals surface area contributed by atoms with Crippen molar-refractivity contribution < 1.29 is 13.2 Å². The van der Waals surface area contributed by atoms with Crippen LogP contribution in [0.1, 0.15) is 26.3 Å². The van der Waals surface area contributed by atoms with Crippen molar-refractivity contribution in [3.05, 3.63) is 29.8 Å². The summed E-state index contributed by atoms with van der Waals surface area (Å²) in [5.41, 5.74) is 1.17. The van der Waals surface area contributed by atoms with Gasteiger partial charge in [-0.2, -0.15) is 0 Å². The van der Waals surface area contributed by atoms with Gasteiger partial charge in [0.25, 0.3) is 0 Å². The summed E-state index contributed by atoms with van der Waals surface area (Å²) >= 11 is 0. The maximum absolute atomic E-state index is 12.2. The summed E-state index contributed by atoms with van der Waals surface area (Å²) in [5.74, 6) is 1.80. The molecule has 8 heteroatoms. The van der Waals surface area contributed by atoms with Crippen LogP contribution in [0.5, 0.6) is 5.75 Å². The highest BCUT2D eigenvalue weighted by atomic mass is 127. The number of nitrogens with one attached hydrogen (secondary N) is 1. The molecule has 0 amide bonds. The second-order valence-electron chi connectivity index (χ2n) is 6.84. The Labute approximate surface area is 174 Å². The van der Waals surface area contributed by atoms with E-state index in [-0.39, 0.29) is 29.7 Å². The normalized spacial score (nSPS) is 18.8. The van der Waals surface area contributed by atoms with E-state index in [2.05, 4.69) is 16.3 Å². The molecule has 0 spiro atoms. The Hall–Kier alpha value is -1.03. The number of sulfone groups is 1. The number of methoxy groups -OCH3 is 1. The molecule has 0 atom stereocenters. The summed E-state index contributed by atoms with van der Waals surface area (Å²) in [6.45, 7) is 7.92. The molecule has 0 aromatic heterocycles. The number of benzene rings is 1. The van der Waals surface area contributed by atoms with Gasteiger partial charge in [-0.1, -0.05) is 12.1 Å². The molecular weight excluding hydrogens is 465 g/mol. The molecule has 1 aromatic carbocycles. The van der Waals surface area contributed by atoms with E-state index in [0.29, 0.717) is 19.6 Å². The summed E-state index contributed by atoms with van der Waals surface area (Å²) < 4.78 is 28.9. The van der Waals surface area contributed by atoms with E-state index in [4.69, 9.17) is 9.73 Å². The van der Waals surface area contributed by atoms with Crippen molar-refractivity contribution in [2.24, 2.45) is 4.99 Å². The van der Waals surface area contributed by atoms with Crippen LogP contribution in [-0.4, -0.2) is 63.1 Å². The number of halogens is 1. The van der Waals surface area contributed by atoms with Crippen LogP contribution in [-0.2, 0) is 16.3 Å². The predicted octanol–water partition coefficient (Wildman–Crippen LogP) is 2.33. The van der Waals surface area contributed by atoms with Crippen LogP contribution >= 0.6 is 24.0 Å². The van der Waals surface area contributed by atoms with Gasteiger partial charge in [0.05, 0.1) is 17.6 Å². The van der Waals surface area contributed by atoms with Crippen molar-refractivity contribution in [3.63, 3.8) is 0 Å². The van der Waals surface area contributed by atoms with E-state index in [1.807, 2.05) is 25.1 Å². The first kappa shape index (κ1) is 23.0. The molecule has 1 heterocycles. The Morgan fingerprint density at radius 1 is 1.38 bits per heavy atom. The van der Waals surface area contributed by atoms with Crippen LogP contribution in [0.3, 0.4) is 0 Å². The van der Waals surface area contributed by atoms with Crippen LogP contribution < -0.4 is 10.1 Å². The lowest BCUT2D eigenvalue weighted by Gasteiger charge is -2.39. The number of ether oxygens (including phenoxy) is 1. The minimum Gasteiger partial charge on any atom is -0.497 e. The average molecular weight is 495 g/mol. The maximum Gasteiger partial charge on any atom is 0.194 e. The molecule has 1 aromatic rings. The molecule has 0 aliphatic carbocycles. The Balaban J connectivity index is 0.00000338. The number of guanidine groups is 1. The molecule has 0 radical (unpaired) electrons. The highest BCUT2D eigenvalue weighted by Crippen LogP contribution is 2.23. The largest absolute Gasteiger partial charge is 0.497 e. The zero-order valence-corrected chi connectivity index (χ0v) is 19.1. The molecule has 2 rings (SSSR count). The van der Waals surface area contributed by atoms with Gasteiger partial charge >= 0.3 is 0 Å². The quantitative estimate of drug-likeness (QED) is 0.386. The molecule has 1 N–H and O–H groups in total. The molecule has 6 nitrogen and oxygen atoms in total. The van der Waals surface area contributed by atoms with Crippen molar-refractivity contribution in [1.82, 2.24) is 10.2 Å². The van der Waals surface area contributed by atoms with Gasteiger partial charge in [-0.25, -0.2) is 8.42 Å². The highest BCUT2D eigenvalue weighted by molar-refractivity contribution is 14.0. The smallest absolute Gasteiger partial charge is 0.194 e. The van der Waals surface area contributed by atoms with Gasteiger partial charge in [0.1, 0.15) is 5.75 Å². The standard InChI is InChI=1S/C18H29N3O3S.HI/c1-5-19-17(21-11-12-25(22,23)18(2,3)14-21)20-10-9-15-7-6-8-16(13-15)24-4;/h6-8,13H,5,9-12,14H2,1-4H3,(H,19,20);1H. The third-order valence-corrected chi connectivity index (χ3v) is 7.01. The van der Waals surface area contributed by atoms with Crippen molar-refractivity contribution in [3.8, 4) is 5.75 Å².